The van der Waals surface area contributed by atoms with Crippen molar-refractivity contribution in [2.75, 3.05) is 56.2 Å². The number of ether oxygens (including phenoxy) is 2. The molecule has 0 saturated carbocycles. The van der Waals surface area contributed by atoms with Gasteiger partial charge in [0.2, 0.25) is 5.95 Å². The summed E-state index contributed by atoms with van der Waals surface area (Å²) in [6.07, 6.45) is 10.2. The minimum Gasteiger partial charge on any atom is -0.494 e. The summed E-state index contributed by atoms with van der Waals surface area (Å²) in [5.41, 5.74) is 6.56. The summed E-state index contributed by atoms with van der Waals surface area (Å²) in [5.74, 6) is 1.74. The van der Waals surface area contributed by atoms with Crippen LogP contribution in [0.5, 0.6) is 5.75 Å². The van der Waals surface area contributed by atoms with Crippen molar-refractivity contribution >= 4 is 69.0 Å². The summed E-state index contributed by atoms with van der Waals surface area (Å²) < 4.78 is 14.1. The number of fused-ring (bicyclic) bond motifs is 1. The number of nitrogens with one attached hydrogen (secondary N) is 2. The maximum atomic E-state index is 5.87. The molecule has 0 aliphatic carbocycles. The molecule has 222 valence electrons. The van der Waals surface area contributed by atoms with Gasteiger partial charge in [0.15, 0.2) is 0 Å². The molecule has 5 aromatic rings. The fraction of sp³-hybridized carbons (Fsp3) is 0.300. The fourth-order valence-corrected chi connectivity index (χ4v) is 6.87. The molecule has 0 bridgehead atoms. The van der Waals surface area contributed by atoms with E-state index in [1.165, 1.54) is 0 Å². The minimum atomic E-state index is -0.486. The highest BCUT2D eigenvalue weighted by Gasteiger charge is 2.26. The van der Waals surface area contributed by atoms with E-state index in [0.29, 0.717) is 17.5 Å². The summed E-state index contributed by atoms with van der Waals surface area (Å²) in [5, 5.41) is 12.5. The van der Waals surface area contributed by atoms with Crippen LogP contribution in [0, 0.1) is 0 Å². The first-order valence-corrected chi connectivity index (χ1v) is 16.8. The van der Waals surface area contributed by atoms with Gasteiger partial charge in [0, 0.05) is 85.9 Å². The van der Waals surface area contributed by atoms with Gasteiger partial charge in [0.05, 0.1) is 40.6 Å². The molecular formula is C30H33BrN9O2P. The quantitative estimate of drug-likeness (QED) is 0.192. The second-order valence-electron chi connectivity index (χ2n) is 10.5. The number of halogens is 1. The van der Waals surface area contributed by atoms with Gasteiger partial charge >= 0.3 is 0 Å². The standard InChI is InChI=1S/C30H33BrN9O2P/c1-39-16-18(14-35-39)20-12-24(26(42-3)13-25(20)40-11-8-19(17-40)41-2)37-30-34-15-21(31)29(38-30)36-23-7-6-22-27(28(23)43(4)5)33-10-9-32-22/h6-7,9-10,12-16,19H,8,11,17H2,1-5H3,(H2,34,36,37,38). The highest BCUT2D eigenvalue weighted by atomic mass is 79.9. The van der Waals surface area contributed by atoms with Gasteiger partial charge in [-0.3, -0.25) is 14.6 Å². The molecule has 1 saturated heterocycles. The van der Waals surface area contributed by atoms with Crippen LogP contribution >= 0.6 is 23.9 Å². The van der Waals surface area contributed by atoms with Crippen molar-refractivity contribution in [2.45, 2.75) is 12.5 Å². The Morgan fingerprint density at radius 3 is 2.58 bits per heavy atom. The molecule has 43 heavy (non-hydrogen) atoms. The van der Waals surface area contributed by atoms with Crippen molar-refractivity contribution in [1.29, 1.82) is 0 Å². The van der Waals surface area contributed by atoms with Crippen LogP contribution in [0.2, 0.25) is 0 Å². The normalized spacial score (nSPS) is 15.0. The van der Waals surface area contributed by atoms with Gasteiger partial charge < -0.3 is 25.0 Å². The van der Waals surface area contributed by atoms with E-state index in [-0.39, 0.29) is 6.10 Å². The lowest BCUT2D eigenvalue weighted by Crippen LogP contribution is -2.23. The zero-order valence-electron chi connectivity index (χ0n) is 24.7. The van der Waals surface area contributed by atoms with E-state index in [1.807, 2.05) is 31.6 Å². The van der Waals surface area contributed by atoms with Crippen molar-refractivity contribution in [3.8, 4) is 16.9 Å². The minimum absolute atomic E-state index is 0.194. The first-order chi connectivity index (χ1) is 20.8. The molecule has 1 atom stereocenters. The third-order valence-corrected chi connectivity index (χ3v) is 9.38. The molecule has 2 aromatic carbocycles. The van der Waals surface area contributed by atoms with Gasteiger partial charge in [-0.15, -0.1) is 0 Å². The Hall–Kier alpha value is -3.86. The highest BCUT2D eigenvalue weighted by Crippen LogP contribution is 2.42. The molecule has 1 aliphatic heterocycles. The first-order valence-electron chi connectivity index (χ1n) is 13.8. The van der Waals surface area contributed by atoms with Crippen molar-refractivity contribution in [3.63, 3.8) is 0 Å². The molecule has 1 aliphatic rings. The summed E-state index contributed by atoms with van der Waals surface area (Å²) in [4.78, 5) is 20.8. The molecule has 0 spiro atoms. The van der Waals surface area contributed by atoms with E-state index in [0.717, 1.165) is 68.5 Å². The highest BCUT2D eigenvalue weighted by molar-refractivity contribution is 9.10. The number of benzene rings is 2. The maximum Gasteiger partial charge on any atom is 0.229 e. The number of aromatic nitrogens is 6. The van der Waals surface area contributed by atoms with Crippen molar-refractivity contribution in [1.82, 2.24) is 29.7 Å². The molecule has 0 radical (unpaired) electrons. The molecule has 1 unspecified atom stereocenters. The van der Waals surface area contributed by atoms with E-state index in [2.05, 4.69) is 77.0 Å². The molecule has 6 rings (SSSR count). The Bertz CT molecular complexity index is 1780. The molecule has 1 fully saturated rings. The summed E-state index contributed by atoms with van der Waals surface area (Å²) >= 11 is 3.63. The first kappa shape index (κ1) is 29.2. The predicted molar refractivity (Wildman–Crippen MR) is 177 cm³/mol. The molecule has 2 N–H and O–H groups in total. The van der Waals surface area contributed by atoms with E-state index >= 15 is 0 Å². The van der Waals surface area contributed by atoms with Crippen molar-refractivity contribution in [2.24, 2.45) is 7.05 Å². The van der Waals surface area contributed by atoms with Gasteiger partial charge in [-0.25, -0.2) is 4.98 Å². The van der Waals surface area contributed by atoms with Crippen LogP contribution in [0.15, 0.2) is 59.7 Å². The van der Waals surface area contributed by atoms with Crippen LogP contribution in [0.25, 0.3) is 22.2 Å². The monoisotopic (exact) mass is 661 g/mol. The van der Waals surface area contributed by atoms with Gasteiger partial charge in [0.25, 0.3) is 0 Å². The van der Waals surface area contributed by atoms with Crippen LogP contribution in [-0.4, -0.2) is 76.5 Å². The second kappa shape index (κ2) is 12.4. The molecule has 0 amide bonds. The largest absolute Gasteiger partial charge is 0.494 e. The predicted octanol–water partition coefficient (Wildman–Crippen LogP) is 5.67. The summed E-state index contributed by atoms with van der Waals surface area (Å²) in [6, 6.07) is 8.15. The van der Waals surface area contributed by atoms with E-state index in [1.54, 1.807) is 37.5 Å². The average molecular weight is 663 g/mol. The zero-order chi connectivity index (χ0) is 30.1. The number of aryl methyl sites for hydroxylation is 1. The number of rotatable bonds is 9. The van der Waals surface area contributed by atoms with Crippen LogP contribution in [-0.2, 0) is 11.8 Å². The SMILES string of the molecule is COc1cc(N2CCC(OC)C2)c(-c2cnn(C)c2)cc1Nc1ncc(Br)c(Nc2ccc3nccnc3c2P(C)C)n1. The smallest absolute Gasteiger partial charge is 0.229 e. The Morgan fingerprint density at radius 2 is 1.86 bits per heavy atom. The second-order valence-corrected chi connectivity index (χ2v) is 13.6. The van der Waals surface area contributed by atoms with Crippen LogP contribution in [0.3, 0.4) is 0 Å². The number of methoxy groups -OCH3 is 2. The Balaban J connectivity index is 1.36. The average Bonchev–Trinajstić information content (AvgIpc) is 3.67. The molecule has 4 heterocycles. The van der Waals surface area contributed by atoms with Gasteiger partial charge in [0.1, 0.15) is 11.6 Å². The van der Waals surface area contributed by atoms with Gasteiger partial charge in [-0.05, 0) is 53.9 Å². The Labute approximate surface area is 260 Å². The molecule has 13 heteroatoms. The summed E-state index contributed by atoms with van der Waals surface area (Å²) in [6.45, 7) is 6.12. The van der Waals surface area contributed by atoms with E-state index in [4.69, 9.17) is 14.5 Å². The Kier molecular flexibility index (Phi) is 8.43. The number of hydrogen-bond donors (Lipinski definition) is 2. The number of hydrogen-bond acceptors (Lipinski definition) is 10. The van der Waals surface area contributed by atoms with Crippen molar-refractivity contribution in [3.05, 3.63) is 59.7 Å². The van der Waals surface area contributed by atoms with Crippen LogP contribution < -0.4 is 25.6 Å². The lowest BCUT2D eigenvalue weighted by Gasteiger charge is -2.24. The van der Waals surface area contributed by atoms with Crippen LogP contribution in [0.1, 0.15) is 6.42 Å². The van der Waals surface area contributed by atoms with E-state index < -0.39 is 7.92 Å². The van der Waals surface area contributed by atoms with Crippen molar-refractivity contribution < 1.29 is 9.47 Å². The maximum absolute atomic E-state index is 5.87. The van der Waals surface area contributed by atoms with E-state index in [9.17, 15) is 0 Å². The van der Waals surface area contributed by atoms with Crippen LogP contribution in [0.4, 0.5) is 28.8 Å². The topological polar surface area (TPSA) is 115 Å². The zero-order valence-corrected chi connectivity index (χ0v) is 27.1. The number of anilines is 5. The Morgan fingerprint density at radius 1 is 1.02 bits per heavy atom. The lowest BCUT2D eigenvalue weighted by atomic mass is 10.0. The fourth-order valence-electron chi connectivity index (χ4n) is 5.37. The lowest BCUT2D eigenvalue weighted by molar-refractivity contribution is 0.121. The molecule has 3 aromatic heterocycles. The third kappa shape index (κ3) is 6.00. The number of nitrogens with zero attached hydrogens (tertiary/aromatic N) is 7. The van der Waals surface area contributed by atoms with Gasteiger partial charge in [-0.2, -0.15) is 10.1 Å². The molecular weight excluding hydrogens is 629 g/mol. The van der Waals surface area contributed by atoms with Gasteiger partial charge in [-0.1, -0.05) is 7.92 Å². The summed E-state index contributed by atoms with van der Waals surface area (Å²) in [7, 11) is 4.87. The third-order valence-electron chi connectivity index (χ3n) is 7.46. The molecule has 11 nitrogen and oxygen atoms in total.